The summed E-state index contributed by atoms with van der Waals surface area (Å²) in [5.74, 6) is -0.125. The zero-order chi connectivity index (χ0) is 20.2. The molecule has 0 radical (unpaired) electrons. The molecule has 2 rings (SSSR count). The Bertz CT molecular complexity index is 979. The number of sulfonamides is 1. The molecule has 0 atom stereocenters. The molecule has 27 heavy (non-hydrogen) atoms. The van der Waals surface area contributed by atoms with Gasteiger partial charge in [-0.05, 0) is 6.07 Å². The summed E-state index contributed by atoms with van der Waals surface area (Å²) in [5.41, 5.74) is -0.672. The number of nitro benzene ring substituents is 1. The Labute approximate surface area is 153 Å². The molecule has 2 N–H and O–H groups in total. The lowest BCUT2D eigenvalue weighted by molar-refractivity contribution is -0.387. The monoisotopic (exact) mass is 397 g/mol. The van der Waals surface area contributed by atoms with E-state index in [0.717, 1.165) is 12.1 Å². The Morgan fingerprint density at radius 1 is 1.22 bits per heavy atom. The number of ether oxygens (including phenoxy) is 1. The van der Waals surface area contributed by atoms with Crippen molar-refractivity contribution in [1.29, 1.82) is 0 Å². The van der Waals surface area contributed by atoms with E-state index in [9.17, 15) is 23.3 Å². The molecule has 1 aromatic heterocycles. The summed E-state index contributed by atoms with van der Waals surface area (Å²) in [6.07, 6.45) is 0. The van der Waals surface area contributed by atoms with Gasteiger partial charge in [-0.15, -0.1) is 0 Å². The Morgan fingerprint density at radius 2 is 1.89 bits per heavy atom. The first-order valence-corrected chi connectivity index (χ1v) is 8.67. The number of hydrogen-bond acceptors (Lipinski definition) is 10. The third-order valence-electron chi connectivity index (χ3n) is 2.99. The van der Waals surface area contributed by atoms with Gasteiger partial charge >= 0.3 is 12.0 Å². The third-order valence-corrected chi connectivity index (χ3v) is 4.37. The van der Waals surface area contributed by atoms with Gasteiger partial charge in [-0.1, -0.05) is 12.1 Å². The van der Waals surface area contributed by atoms with E-state index >= 15 is 0 Å². The molecule has 2 aromatic rings. The van der Waals surface area contributed by atoms with Crippen LogP contribution < -0.4 is 19.7 Å². The van der Waals surface area contributed by atoms with Crippen LogP contribution in [0.1, 0.15) is 0 Å². The standard InChI is InChI=1S/C13H15N7O6S/c1-19(2)11-14-10(16-13(17-11)26-3)15-12(21)18-27(24,25)9-7-5-4-6-8(9)20(22)23/h4-7H,1-3H3,(H2,14,15,16,17,18,21). The molecule has 0 fully saturated rings. The van der Waals surface area contributed by atoms with Crippen molar-refractivity contribution in [2.75, 3.05) is 31.4 Å². The smallest absolute Gasteiger partial charge is 0.335 e. The van der Waals surface area contributed by atoms with Crippen molar-refractivity contribution in [2.24, 2.45) is 0 Å². The van der Waals surface area contributed by atoms with Crippen LogP contribution in [-0.4, -0.2) is 55.5 Å². The van der Waals surface area contributed by atoms with Crippen LogP contribution >= 0.6 is 0 Å². The molecule has 0 spiro atoms. The summed E-state index contributed by atoms with van der Waals surface area (Å²) in [6, 6.07) is 3.28. The Kier molecular flexibility index (Phi) is 5.69. The SMILES string of the molecule is COc1nc(NC(=O)NS(=O)(=O)c2ccccc2[N+](=O)[O-])nc(N(C)C)n1. The molecule has 0 aliphatic heterocycles. The molecule has 0 aliphatic carbocycles. The fourth-order valence-corrected chi connectivity index (χ4v) is 2.91. The van der Waals surface area contributed by atoms with Crippen molar-refractivity contribution in [3.8, 4) is 6.01 Å². The first-order chi connectivity index (χ1) is 12.6. The van der Waals surface area contributed by atoms with E-state index in [4.69, 9.17) is 4.74 Å². The van der Waals surface area contributed by atoms with Gasteiger partial charge in [0.25, 0.3) is 15.7 Å². The number of carbonyl (C=O) groups is 1. The normalized spacial score (nSPS) is 10.8. The Balaban J connectivity index is 2.25. The number of aromatic nitrogens is 3. The van der Waals surface area contributed by atoms with Crippen LogP contribution in [0, 0.1) is 10.1 Å². The summed E-state index contributed by atoms with van der Waals surface area (Å²) in [4.78, 5) is 34.6. The highest BCUT2D eigenvalue weighted by atomic mass is 32.2. The lowest BCUT2D eigenvalue weighted by atomic mass is 10.3. The van der Waals surface area contributed by atoms with Gasteiger partial charge in [-0.25, -0.2) is 17.9 Å². The van der Waals surface area contributed by atoms with Crippen molar-refractivity contribution < 1.29 is 22.9 Å². The number of methoxy groups -OCH3 is 1. The molecule has 0 saturated carbocycles. The molecule has 0 aliphatic rings. The quantitative estimate of drug-likeness (QED) is 0.512. The van der Waals surface area contributed by atoms with E-state index in [1.165, 1.54) is 24.1 Å². The summed E-state index contributed by atoms with van der Waals surface area (Å²) < 4.78 is 31.1. The molecule has 0 bridgehead atoms. The maximum absolute atomic E-state index is 12.3. The fraction of sp³-hybridized carbons (Fsp3) is 0.231. The van der Waals surface area contributed by atoms with E-state index in [0.29, 0.717) is 0 Å². The molecule has 14 heteroatoms. The highest BCUT2D eigenvalue weighted by Gasteiger charge is 2.27. The van der Waals surface area contributed by atoms with Crippen LogP contribution in [0.25, 0.3) is 0 Å². The van der Waals surface area contributed by atoms with Gasteiger partial charge in [0.05, 0.1) is 12.0 Å². The number of rotatable bonds is 6. The van der Waals surface area contributed by atoms with Gasteiger partial charge in [-0.2, -0.15) is 15.0 Å². The zero-order valence-electron chi connectivity index (χ0n) is 14.4. The van der Waals surface area contributed by atoms with Crippen molar-refractivity contribution in [1.82, 2.24) is 19.7 Å². The van der Waals surface area contributed by atoms with Crippen molar-refractivity contribution in [3.63, 3.8) is 0 Å². The van der Waals surface area contributed by atoms with Gasteiger partial charge in [0, 0.05) is 20.2 Å². The number of nitrogens with zero attached hydrogens (tertiary/aromatic N) is 5. The summed E-state index contributed by atoms with van der Waals surface area (Å²) in [5, 5.41) is 13.1. The molecule has 144 valence electrons. The lowest BCUT2D eigenvalue weighted by Crippen LogP contribution is -2.35. The Morgan fingerprint density at radius 3 is 2.48 bits per heavy atom. The molecule has 0 saturated heterocycles. The highest BCUT2D eigenvalue weighted by Crippen LogP contribution is 2.22. The van der Waals surface area contributed by atoms with Crippen LogP contribution in [0.15, 0.2) is 29.2 Å². The molecule has 13 nitrogen and oxygen atoms in total. The average molecular weight is 397 g/mol. The van der Waals surface area contributed by atoms with Gasteiger partial charge in [0.15, 0.2) is 4.90 Å². The average Bonchev–Trinajstić information content (AvgIpc) is 2.60. The fourth-order valence-electron chi connectivity index (χ4n) is 1.83. The maximum Gasteiger partial charge on any atom is 0.335 e. The minimum absolute atomic E-state index is 0.106. The first kappa shape index (κ1) is 19.8. The number of hydrogen-bond donors (Lipinski definition) is 2. The third kappa shape index (κ3) is 4.75. The second-order valence-electron chi connectivity index (χ2n) is 5.12. The summed E-state index contributed by atoms with van der Waals surface area (Å²) in [6.45, 7) is 0. The molecule has 1 heterocycles. The second-order valence-corrected chi connectivity index (χ2v) is 6.78. The number of para-hydroxylation sites is 1. The molecular formula is C13H15N7O6S. The number of amides is 2. The van der Waals surface area contributed by atoms with E-state index in [2.05, 4.69) is 20.3 Å². The molecule has 1 aromatic carbocycles. The van der Waals surface area contributed by atoms with Gasteiger partial charge in [0.1, 0.15) is 0 Å². The Hall–Kier alpha value is -3.55. The second kappa shape index (κ2) is 7.77. The lowest BCUT2D eigenvalue weighted by Gasteiger charge is -2.12. The number of urea groups is 1. The van der Waals surface area contributed by atoms with Crippen molar-refractivity contribution >= 4 is 33.6 Å². The minimum atomic E-state index is -4.51. The molecule has 0 unspecified atom stereocenters. The van der Waals surface area contributed by atoms with Gasteiger partial charge in [-0.3, -0.25) is 15.4 Å². The number of nitrogens with one attached hydrogen (secondary N) is 2. The predicted octanol–water partition coefficient (Wildman–Crippen LogP) is 0.365. The van der Waals surface area contributed by atoms with E-state index in [1.807, 2.05) is 0 Å². The van der Waals surface area contributed by atoms with Crippen LogP contribution in [0.5, 0.6) is 6.01 Å². The van der Waals surface area contributed by atoms with Gasteiger partial charge < -0.3 is 9.64 Å². The number of nitro groups is 1. The van der Waals surface area contributed by atoms with Crippen LogP contribution in [0.4, 0.5) is 22.4 Å². The summed E-state index contributed by atoms with van der Waals surface area (Å²) >= 11 is 0. The first-order valence-electron chi connectivity index (χ1n) is 7.18. The topological polar surface area (TPSA) is 170 Å². The number of carbonyl (C=O) groups excluding carboxylic acids is 1. The van der Waals surface area contributed by atoms with Crippen molar-refractivity contribution in [2.45, 2.75) is 4.90 Å². The van der Waals surface area contributed by atoms with E-state index in [1.54, 1.807) is 18.8 Å². The van der Waals surface area contributed by atoms with E-state index in [-0.39, 0.29) is 17.9 Å². The minimum Gasteiger partial charge on any atom is -0.467 e. The molecular weight excluding hydrogens is 382 g/mol. The largest absolute Gasteiger partial charge is 0.467 e. The van der Waals surface area contributed by atoms with E-state index < -0.39 is 31.6 Å². The van der Waals surface area contributed by atoms with Crippen molar-refractivity contribution in [3.05, 3.63) is 34.4 Å². The number of anilines is 2. The van der Waals surface area contributed by atoms with Crippen LogP contribution in [0.2, 0.25) is 0 Å². The number of benzene rings is 1. The zero-order valence-corrected chi connectivity index (χ0v) is 15.2. The van der Waals surface area contributed by atoms with Crippen LogP contribution in [0.3, 0.4) is 0 Å². The maximum atomic E-state index is 12.3. The summed E-state index contributed by atoms with van der Waals surface area (Å²) in [7, 11) is 0.0623. The van der Waals surface area contributed by atoms with Crippen LogP contribution in [-0.2, 0) is 10.0 Å². The van der Waals surface area contributed by atoms with Gasteiger partial charge in [0.2, 0.25) is 11.9 Å². The predicted molar refractivity (Wildman–Crippen MR) is 93.1 cm³/mol. The molecule has 2 amide bonds. The highest BCUT2D eigenvalue weighted by molar-refractivity contribution is 7.90.